The minimum Gasteiger partial charge on any atom is -0.466 e. The summed E-state index contributed by atoms with van der Waals surface area (Å²) in [4.78, 5) is 34.8. The summed E-state index contributed by atoms with van der Waals surface area (Å²) in [5.41, 5.74) is 1.47. The zero-order chi connectivity index (χ0) is 12.3. The van der Waals surface area contributed by atoms with Gasteiger partial charge in [-0.1, -0.05) is 0 Å². The van der Waals surface area contributed by atoms with Crippen LogP contribution in [-0.4, -0.2) is 28.9 Å². The smallest absolute Gasteiger partial charge is 0.326 e. The van der Waals surface area contributed by atoms with Crippen molar-refractivity contribution in [1.82, 2.24) is 9.55 Å². The van der Waals surface area contributed by atoms with Gasteiger partial charge in [0.05, 0.1) is 17.6 Å². The van der Waals surface area contributed by atoms with Gasteiger partial charge in [-0.3, -0.25) is 14.2 Å². The highest BCUT2D eigenvalue weighted by Gasteiger charge is 2.06. The summed E-state index contributed by atoms with van der Waals surface area (Å²) in [6.07, 6.45) is 0.713. The third-order valence-corrected chi connectivity index (χ3v) is 2.44. The molecule has 88 valence electrons. The molecule has 0 atom stereocenters. The summed E-state index contributed by atoms with van der Waals surface area (Å²) in [6, 6.07) is 4.90. The van der Waals surface area contributed by atoms with Gasteiger partial charge in [0.1, 0.15) is 12.9 Å². The van der Waals surface area contributed by atoms with Crippen molar-refractivity contribution in [2.75, 3.05) is 6.61 Å². The predicted molar refractivity (Wildman–Crippen MR) is 60.0 cm³/mol. The molecule has 0 aliphatic carbocycles. The fourth-order valence-electron chi connectivity index (χ4n) is 1.67. The number of nitrogens with zero attached hydrogens (tertiary/aromatic N) is 1. The Balaban J connectivity index is 2.41. The zero-order valence-electron chi connectivity index (χ0n) is 8.88. The van der Waals surface area contributed by atoms with E-state index in [1.165, 1.54) is 4.57 Å². The minimum absolute atomic E-state index is 0.131. The summed E-state index contributed by atoms with van der Waals surface area (Å²) in [5, 5.41) is 0. The highest BCUT2D eigenvalue weighted by Crippen LogP contribution is 2.11. The molecule has 2 rings (SSSR count). The highest BCUT2D eigenvalue weighted by molar-refractivity contribution is 5.84. The van der Waals surface area contributed by atoms with Crippen molar-refractivity contribution in [3.05, 3.63) is 34.2 Å². The zero-order valence-corrected chi connectivity index (χ0v) is 8.88. The summed E-state index contributed by atoms with van der Waals surface area (Å²) in [6.45, 7) is 0.744. The van der Waals surface area contributed by atoms with E-state index < -0.39 is 0 Å². The number of carbonyl (C=O) groups excluding carboxylic acids is 2. The van der Waals surface area contributed by atoms with E-state index in [1.54, 1.807) is 18.2 Å². The number of aromatic amines is 1. The molecule has 0 saturated heterocycles. The number of benzene rings is 1. The van der Waals surface area contributed by atoms with E-state index in [0.717, 1.165) is 0 Å². The van der Waals surface area contributed by atoms with Crippen LogP contribution in [0.15, 0.2) is 23.0 Å². The first-order valence-electron chi connectivity index (χ1n) is 4.99. The molecule has 0 radical (unpaired) electrons. The van der Waals surface area contributed by atoms with Crippen LogP contribution in [0.25, 0.3) is 11.0 Å². The van der Waals surface area contributed by atoms with E-state index in [9.17, 15) is 14.4 Å². The van der Waals surface area contributed by atoms with Gasteiger partial charge in [0.2, 0.25) is 0 Å². The molecule has 0 aliphatic rings. The number of aromatic nitrogens is 2. The molecule has 0 spiro atoms. The van der Waals surface area contributed by atoms with Gasteiger partial charge in [0.25, 0.3) is 6.47 Å². The van der Waals surface area contributed by atoms with Gasteiger partial charge < -0.3 is 9.72 Å². The fourth-order valence-corrected chi connectivity index (χ4v) is 1.67. The van der Waals surface area contributed by atoms with Gasteiger partial charge in [0, 0.05) is 5.56 Å². The molecule has 1 aromatic carbocycles. The second-order valence-electron chi connectivity index (χ2n) is 3.44. The number of carbonyl (C=O) groups is 2. The number of rotatable bonds is 5. The van der Waals surface area contributed by atoms with Gasteiger partial charge in [0.15, 0.2) is 0 Å². The van der Waals surface area contributed by atoms with Crippen LogP contribution in [0.2, 0.25) is 0 Å². The van der Waals surface area contributed by atoms with Crippen LogP contribution in [0.3, 0.4) is 0 Å². The van der Waals surface area contributed by atoms with Crippen molar-refractivity contribution in [3.8, 4) is 0 Å². The topological polar surface area (TPSA) is 81.2 Å². The Hall–Kier alpha value is -2.37. The molecule has 6 heteroatoms. The maximum Gasteiger partial charge on any atom is 0.326 e. The Morgan fingerprint density at radius 1 is 1.35 bits per heavy atom. The minimum atomic E-state index is -0.294. The summed E-state index contributed by atoms with van der Waals surface area (Å²) in [7, 11) is 0. The molecule has 0 amide bonds. The Bertz CT molecular complexity index is 611. The number of imidazole rings is 1. The van der Waals surface area contributed by atoms with E-state index >= 15 is 0 Å². The normalized spacial score (nSPS) is 10.4. The molecule has 0 unspecified atom stereocenters. The van der Waals surface area contributed by atoms with Crippen molar-refractivity contribution in [3.63, 3.8) is 0 Å². The van der Waals surface area contributed by atoms with E-state index in [0.29, 0.717) is 29.4 Å². The van der Waals surface area contributed by atoms with Crippen LogP contribution in [0.4, 0.5) is 0 Å². The molecule has 1 heterocycles. The van der Waals surface area contributed by atoms with Crippen molar-refractivity contribution in [1.29, 1.82) is 0 Å². The highest BCUT2D eigenvalue weighted by atomic mass is 16.5. The molecule has 0 bridgehead atoms. The largest absolute Gasteiger partial charge is 0.466 e. The Kier molecular flexibility index (Phi) is 3.04. The van der Waals surface area contributed by atoms with E-state index in [2.05, 4.69) is 9.72 Å². The Morgan fingerprint density at radius 2 is 2.18 bits per heavy atom. The van der Waals surface area contributed by atoms with Gasteiger partial charge in [-0.15, -0.1) is 0 Å². The first-order valence-corrected chi connectivity index (χ1v) is 4.99. The third-order valence-electron chi connectivity index (χ3n) is 2.44. The predicted octanol–water partition coefficient (Wildman–Crippen LogP) is 0.315. The molecule has 17 heavy (non-hydrogen) atoms. The van der Waals surface area contributed by atoms with Crippen molar-refractivity contribution in [2.24, 2.45) is 0 Å². The average molecular weight is 234 g/mol. The first kappa shape index (κ1) is 11.1. The van der Waals surface area contributed by atoms with Gasteiger partial charge in [-0.2, -0.15) is 0 Å². The summed E-state index contributed by atoms with van der Waals surface area (Å²) < 4.78 is 6.00. The number of fused-ring (bicyclic) bond motifs is 1. The first-order chi connectivity index (χ1) is 8.26. The molecular formula is C11H10N2O4. The number of H-pyrrole nitrogens is 1. The van der Waals surface area contributed by atoms with Crippen LogP contribution in [0, 0.1) is 0 Å². The number of nitrogens with one attached hydrogen (secondary N) is 1. The van der Waals surface area contributed by atoms with Gasteiger partial charge >= 0.3 is 5.69 Å². The van der Waals surface area contributed by atoms with Crippen molar-refractivity contribution in [2.45, 2.75) is 6.54 Å². The van der Waals surface area contributed by atoms with E-state index in [4.69, 9.17) is 0 Å². The lowest BCUT2D eigenvalue weighted by Gasteiger charge is -2.01. The molecule has 1 aromatic heterocycles. The van der Waals surface area contributed by atoms with Crippen LogP contribution in [0.5, 0.6) is 0 Å². The number of hydrogen-bond acceptors (Lipinski definition) is 4. The fraction of sp³-hybridized carbons (Fsp3) is 0.182. The SMILES string of the molecule is O=COCCn1c(=O)[nH]c2cc(C=O)ccc21. The van der Waals surface area contributed by atoms with Gasteiger partial charge in [-0.05, 0) is 18.2 Å². The number of ether oxygens (including phenoxy) is 1. The Labute approximate surface area is 95.8 Å². The van der Waals surface area contributed by atoms with Crippen molar-refractivity contribution >= 4 is 23.8 Å². The number of aldehydes is 1. The Morgan fingerprint density at radius 3 is 2.88 bits per heavy atom. The van der Waals surface area contributed by atoms with Crippen LogP contribution in [-0.2, 0) is 16.1 Å². The van der Waals surface area contributed by atoms with Crippen LogP contribution in [0.1, 0.15) is 10.4 Å². The molecule has 0 aliphatic heterocycles. The lowest BCUT2D eigenvalue weighted by Crippen LogP contribution is -2.19. The third kappa shape index (κ3) is 2.10. The number of hydrogen-bond donors (Lipinski definition) is 1. The lowest BCUT2D eigenvalue weighted by atomic mass is 10.2. The molecule has 0 saturated carbocycles. The molecule has 0 fully saturated rings. The van der Waals surface area contributed by atoms with Gasteiger partial charge in [-0.25, -0.2) is 4.79 Å². The average Bonchev–Trinajstić information content (AvgIpc) is 2.65. The van der Waals surface area contributed by atoms with Crippen LogP contribution >= 0.6 is 0 Å². The molecule has 1 N–H and O–H groups in total. The van der Waals surface area contributed by atoms with Crippen LogP contribution < -0.4 is 5.69 Å². The summed E-state index contributed by atoms with van der Waals surface area (Å²) >= 11 is 0. The molecule has 2 aromatic rings. The second-order valence-corrected chi connectivity index (χ2v) is 3.44. The maximum atomic E-state index is 11.6. The standard InChI is InChI=1S/C11H10N2O4/c14-6-8-1-2-10-9(5-8)12-11(16)13(10)3-4-17-7-15/h1-2,5-7H,3-4H2,(H,12,16). The monoisotopic (exact) mass is 234 g/mol. The van der Waals surface area contributed by atoms with E-state index in [-0.39, 0.29) is 18.8 Å². The lowest BCUT2D eigenvalue weighted by molar-refractivity contribution is -0.128. The summed E-state index contributed by atoms with van der Waals surface area (Å²) in [5.74, 6) is 0. The molecule has 6 nitrogen and oxygen atoms in total. The maximum absolute atomic E-state index is 11.6. The molecular weight excluding hydrogens is 224 g/mol. The van der Waals surface area contributed by atoms with Crippen molar-refractivity contribution < 1.29 is 14.3 Å². The second kappa shape index (κ2) is 4.65. The quantitative estimate of drug-likeness (QED) is 0.596. The van der Waals surface area contributed by atoms with E-state index in [1.807, 2.05) is 0 Å².